The Labute approximate surface area is 168 Å². The molecule has 0 bridgehead atoms. The largest absolute Gasteiger partial charge is 0.489 e. The predicted octanol–water partition coefficient (Wildman–Crippen LogP) is 4.03. The third kappa shape index (κ3) is 5.07. The molecule has 0 radical (unpaired) electrons. The smallest absolute Gasteiger partial charge is 0.273 e. The molecule has 2 aromatic carbocycles. The van der Waals surface area contributed by atoms with E-state index in [1.807, 2.05) is 26.0 Å². The van der Waals surface area contributed by atoms with Gasteiger partial charge in [-0.3, -0.25) is 4.79 Å². The average Bonchev–Trinajstić information content (AvgIpc) is 2.51. The lowest BCUT2D eigenvalue weighted by molar-refractivity contribution is 0.0956. The van der Waals surface area contributed by atoms with Crippen LogP contribution in [0.5, 0.6) is 5.75 Å². The minimum absolute atomic E-state index is 0.113. The Morgan fingerprint density at radius 3 is 2.46 bits per heavy atom. The molecule has 0 fully saturated rings. The van der Waals surface area contributed by atoms with Gasteiger partial charge in [0, 0.05) is 5.69 Å². The Bertz CT molecular complexity index is 753. The summed E-state index contributed by atoms with van der Waals surface area (Å²) in [7, 11) is 0. The van der Waals surface area contributed by atoms with E-state index in [1.165, 1.54) is 0 Å². The summed E-state index contributed by atoms with van der Waals surface area (Å²) in [5.41, 5.74) is 9.96. The molecule has 0 saturated heterocycles. The number of hydrogen-bond donors (Lipinski definition) is 2. The quantitative estimate of drug-likeness (QED) is 0.256. The normalized spacial score (nSPS) is 11.0. The lowest BCUT2D eigenvalue weighted by atomic mass is 10.2. The van der Waals surface area contributed by atoms with E-state index in [9.17, 15) is 4.79 Å². The Morgan fingerprint density at radius 1 is 1.25 bits per heavy atom. The van der Waals surface area contributed by atoms with Crippen molar-refractivity contribution in [2.45, 2.75) is 20.0 Å². The second-order valence-electron chi connectivity index (χ2n) is 5.27. The molecule has 0 saturated carbocycles. The molecule has 1 amide bonds. The fourth-order valence-electron chi connectivity index (χ4n) is 1.93. The molecule has 3 N–H and O–H groups in total. The summed E-state index contributed by atoms with van der Waals surface area (Å²) >= 11 is 4.46. The fourth-order valence-corrected chi connectivity index (χ4v) is 4.00. The molecule has 2 rings (SSSR count). The summed E-state index contributed by atoms with van der Waals surface area (Å²) < 4.78 is 7.79. The van der Waals surface area contributed by atoms with Crippen molar-refractivity contribution < 1.29 is 9.53 Å². The van der Waals surface area contributed by atoms with Crippen LogP contribution in [0.4, 0.5) is 5.69 Å². The van der Waals surface area contributed by atoms with Crippen molar-refractivity contribution in [1.82, 2.24) is 5.43 Å². The number of nitrogens with zero attached hydrogens (tertiary/aromatic N) is 1. The topological polar surface area (TPSA) is 76.7 Å². The molecule has 24 heavy (non-hydrogen) atoms. The predicted molar refractivity (Wildman–Crippen MR) is 114 cm³/mol. The number of hydrazone groups is 1. The van der Waals surface area contributed by atoms with Crippen molar-refractivity contribution >= 4 is 63.0 Å². The zero-order chi connectivity index (χ0) is 17.7. The number of nitrogen functional groups attached to an aromatic ring is 1. The van der Waals surface area contributed by atoms with E-state index < -0.39 is 0 Å². The molecule has 5 nitrogen and oxygen atoms in total. The maximum atomic E-state index is 12.0. The van der Waals surface area contributed by atoms with Gasteiger partial charge in [0.15, 0.2) is 0 Å². The van der Waals surface area contributed by atoms with Crippen molar-refractivity contribution in [3.05, 3.63) is 54.7 Å². The van der Waals surface area contributed by atoms with Gasteiger partial charge in [0.25, 0.3) is 5.91 Å². The zero-order valence-electron chi connectivity index (χ0n) is 13.2. The first-order valence-electron chi connectivity index (χ1n) is 7.22. The molecule has 0 unspecified atom stereocenters. The van der Waals surface area contributed by atoms with Gasteiger partial charge < -0.3 is 10.5 Å². The monoisotopic (exact) mass is 549 g/mol. The molecule has 0 heterocycles. The van der Waals surface area contributed by atoms with Crippen molar-refractivity contribution in [2.75, 3.05) is 5.73 Å². The van der Waals surface area contributed by atoms with Crippen LogP contribution in [0.1, 0.15) is 29.8 Å². The first-order chi connectivity index (χ1) is 11.4. The molecule has 0 atom stereocenters. The van der Waals surface area contributed by atoms with E-state index in [0.717, 1.165) is 18.5 Å². The molecule has 2 aromatic rings. The van der Waals surface area contributed by atoms with E-state index in [4.69, 9.17) is 10.5 Å². The Kier molecular flexibility index (Phi) is 6.84. The van der Waals surface area contributed by atoms with Crippen LogP contribution in [0.3, 0.4) is 0 Å². The van der Waals surface area contributed by atoms with Crippen LogP contribution in [0.2, 0.25) is 0 Å². The number of hydrogen-bond acceptors (Lipinski definition) is 4. The van der Waals surface area contributed by atoms with Gasteiger partial charge >= 0.3 is 0 Å². The van der Waals surface area contributed by atoms with Crippen LogP contribution in [-0.4, -0.2) is 18.2 Å². The van der Waals surface area contributed by atoms with Gasteiger partial charge in [0.05, 0.1) is 25.0 Å². The molecule has 0 aliphatic carbocycles. The highest BCUT2D eigenvalue weighted by atomic mass is 127. The maximum absolute atomic E-state index is 12.0. The number of nitrogens with two attached hydrogens (primary N) is 1. The van der Waals surface area contributed by atoms with E-state index >= 15 is 0 Å². The summed E-state index contributed by atoms with van der Waals surface area (Å²) in [5, 5.41) is 4.00. The van der Waals surface area contributed by atoms with Crippen molar-refractivity contribution in [3.63, 3.8) is 0 Å². The van der Waals surface area contributed by atoms with E-state index in [1.54, 1.807) is 30.5 Å². The zero-order valence-corrected chi connectivity index (χ0v) is 17.5. The minimum Gasteiger partial charge on any atom is -0.489 e. The number of para-hydroxylation sites is 1. The summed E-state index contributed by atoms with van der Waals surface area (Å²) in [4.78, 5) is 12.0. The second-order valence-corrected chi connectivity index (χ2v) is 7.59. The minimum atomic E-state index is -0.339. The molecule has 126 valence electrons. The highest BCUT2D eigenvalue weighted by Gasteiger charge is 2.10. The van der Waals surface area contributed by atoms with Crippen molar-refractivity contribution in [1.29, 1.82) is 0 Å². The third-order valence-electron chi connectivity index (χ3n) is 2.96. The van der Waals surface area contributed by atoms with Gasteiger partial charge in [0.2, 0.25) is 0 Å². The number of anilines is 1. The van der Waals surface area contributed by atoms with E-state index in [-0.39, 0.29) is 12.0 Å². The summed E-state index contributed by atoms with van der Waals surface area (Å²) in [5.74, 6) is 0.526. The summed E-state index contributed by atoms with van der Waals surface area (Å²) in [6, 6.07) is 10.8. The number of amides is 1. The summed E-state index contributed by atoms with van der Waals surface area (Å²) in [6.07, 6.45) is 1.71. The lowest BCUT2D eigenvalue weighted by Gasteiger charge is -2.14. The van der Waals surface area contributed by atoms with Crippen molar-refractivity contribution in [3.8, 4) is 5.75 Å². The van der Waals surface area contributed by atoms with Gasteiger partial charge in [-0.25, -0.2) is 5.43 Å². The van der Waals surface area contributed by atoms with Crippen LogP contribution < -0.4 is 15.9 Å². The second kappa shape index (κ2) is 8.65. The standard InChI is InChI=1S/C17H17I2N3O2/c1-10(2)24-16-13(18)7-11(8-14(16)19)9-21-22-17(23)12-5-3-4-6-15(12)20/h3-10H,20H2,1-2H3,(H,22,23)/b21-9+. The van der Waals surface area contributed by atoms with Gasteiger partial charge in [0.1, 0.15) is 5.75 Å². The number of halogens is 2. The van der Waals surface area contributed by atoms with Crippen molar-refractivity contribution in [2.24, 2.45) is 5.10 Å². The Hall–Kier alpha value is -1.36. The first-order valence-corrected chi connectivity index (χ1v) is 9.38. The SMILES string of the molecule is CC(C)Oc1c(I)cc(/C=N/NC(=O)c2ccccc2N)cc1I. The summed E-state index contributed by atoms with van der Waals surface area (Å²) in [6.45, 7) is 3.98. The Morgan fingerprint density at radius 2 is 1.88 bits per heavy atom. The van der Waals surface area contributed by atoms with Crippen LogP contribution in [0.25, 0.3) is 0 Å². The number of ether oxygens (including phenoxy) is 1. The molecule has 0 spiro atoms. The highest BCUT2D eigenvalue weighted by Crippen LogP contribution is 2.29. The van der Waals surface area contributed by atoms with Crippen LogP contribution >= 0.6 is 45.2 Å². The maximum Gasteiger partial charge on any atom is 0.273 e. The molecule has 0 aromatic heterocycles. The number of benzene rings is 2. The first kappa shape index (κ1) is 19.0. The lowest BCUT2D eigenvalue weighted by Crippen LogP contribution is -2.19. The highest BCUT2D eigenvalue weighted by molar-refractivity contribution is 14.1. The van der Waals surface area contributed by atoms with Gasteiger partial charge in [-0.05, 0) is 88.9 Å². The van der Waals surface area contributed by atoms with Crippen LogP contribution in [0, 0.1) is 7.14 Å². The van der Waals surface area contributed by atoms with Gasteiger partial charge in [-0.1, -0.05) is 12.1 Å². The molecule has 0 aliphatic heterocycles. The average molecular weight is 549 g/mol. The van der Waals surface area contributed by atoms with Crippen LogP contribution in [-0.2, 0) is 0 Å². The van der Waals surface area contributed by atoms with Gasteiger partial charge in [-0.2, -0.15) is 5.10 Å². The molecule has 7 heteroatoms. The molecule has 0 aliphatic rings. The van der Waals surface area contributed by atoms with Gasteiger partial charge in [-0.15, -0.1) is 0 Å². The molecular weight excluding hydrogens is 532 g/mol. The van der Waals surface area contributed by atoms with E-state index in [2.05, 4.69) is 55.7 Å². The Balaban J connectivity index is 2.10. The number of carbonyl (C=O) groups is 1. The fraction of sp³-hybridized carbons (Fsp3) is 0.176. The van der Waals surface area contributed by atoms with Crippen LogP contribution in [0.15, 0.2) is 41.5 Å². The third-order valence-corrected chi connectivity index (χ3v) is 4.56. The molecular formula is C17H17I2N3O2. The number of rotatable bonds is 5. The number of carbonyl (C=O) groups excluding carboxylic acids is 1. The number of nitrogens with one attached hydrogen (secondary N) is 1. The van der Waals surface area contributed by atoms with E-state index in [0.29, 0.717) is 11.3 Å².